The molecule has 1 heterocycles. The van der Waals surface area contributed by atoms with Crippen LogP contribution in [0.2, 0.25) is 0 Å². The minimum Gasteiger partial charge on any atom is -0.465 e. The highest BCUT2D eigenvalue weighted by Gasteiger charge is 2.09. The maximum absolute atomic E-state index is 11.1. The summed E-state index contributed by atoms with van der Waals surface area (Å²) in [5.41, 5.74) is 0. The molecule has 0 fully saturated rings. The summed E-state index contributed by atoms with van der Waals surface area (Å²) in [7, 11) is 0. The number of nitrogens with zero attached hydrogens (tertiary/aromatic N) is 1. The van der Waals surface area contributed by atoms with Gasteiger partial charge in [-0.05, 0) is 6.42 Å². The van der Waals surface area contributed by atoms with Gasteiger partial charge in [-0.3, -0.25) is 9.79 Å². The standard InChI is InChI=1S/C9H16N2O2S.ClH/c1-2-3-6-13-8(12)7-14-9-10-4-5-11-9;/h2-7H2,1H3,(H,10,11);1H. The van der Waals surface area contributed by atoms with Crippen molar-refractivity contribution in [2.75, 3.05) is 25.4 Å². The molecule has 15 heavy (non-hydrogen) atoms. The van der Waals surface area contributed by atoms with E-state index in [2.05, 4.69) is 17.2 Å². The molecule has 0 aromatic carbocycles. The molecule has 0 aromatic rings. The highest BCUT2D eigenvalue weighted by molar-refractivity contribution is 8.14. The number of amidine groups is 1. The molecule has 0 bridgehead atoms. The second-order valence-corrected chi connectivity index (χ2v) is 3.94. The van der Waals surface area contributed by atoms with Crippen molar-refractivity contribution >= 4 is 35.3 Å². The largest absolute Gasteiger partial charge is 0.465 e. The zero-order chi connectivity index (χ0) is 10.2. The lowest BCUT2D eigenvalue weighted by Gasteiger charge is -2.03. The van der Waals surface area contributed by atoms with Crippen molar-refractivity contribution in [3.63, 3.8) is 0 Å². The Bertz CT molecular complexity index is 224. The first kappa shape index (κ1) is 14.6. The third kappa shape index (κ3) is 6.62. The van der Waals surface area contributed by atoms with Crippen molar-refractivity contribution in [3.05, 3.63) is 0 Å². The fourth-order valence-corrected chi connectivity index (χ4v) is 1.70. The Morgan fingerprint density at radius 1 is 1.67 bits per heavy atom. The zero-order valence-electron chi connectivity index (χ0n) is 8.82. The van der Waals surface area contributed by atoms with Crippen LogP contribution in [0.25, 0.3) is 0 Å². The number of hydrogen-bond donors (Lipinski definition) is 1. The van der Waals surface area contributed by atoms with Gasteiger partial charge in [-0.2, -0.15) is 0 Å². The highest BCUT2D eigenvalue weighted by Crippen LogP contribution is 2.05. The predicted molar refractivity (Wildman–Crippen MR) is 65.9 cm³/mol. The van der Waals surface area contributed by atoms with Gasteiger partial charge in [0.2, 0.25) is 0 Å². The Hall–Kier alpha value is -0.420. The average molecular weight is 253 g/mol. The maximum Gasteiger partial charge on any atom is 0.316 e. The number of aliphatic imine (C=N–C) groups is 1. The number of thioether (sulfide) groups is 1. The number of nitrogens with one attached hydrogen (secondary N) is 1. The molecule has 0 unspecified atom stereocenters. The van der Waals surface area contributed by atoms with Crippen LogP contribution in [0.1, 0.15) is 19.8 Å². The summed E-state index contributed by atoms with van der Waals surface area (Å²) in [5, 5.41) is 3.94. The molecule has 88 valence electrons. The molecule has 0 saturated heterocycles. The fraction of sp³-hybridized carbons (Fsp3) is 0.778. The molecular weight excluding hydrogens is 236 g/mol. The van der Waals surface area contributed by atoms with Gasteiger partial charge in [0.1, 0.15) is 0 Å². The van der Waals surface area contributed by atoms with Crippen molar-refractivity contribution < 1.29 is 9.53 Å². The van der Waals surface area contributed by atoms with E-state index in [1.807, 2.05) is 0 Å². The number of carbonyl (C=O) groups excluding carboxylic acids is 1. The van der Waals surface area contributed by atoms with Gasteiger partial charge in [0.05, 0.1) is 18.9 Å². The lowest BCUT2D eigenvalue weighted by atomic mass is 10.4. The van der Waals surface area contributed by atoms with E-state index in [0.717, 1.165) is 31.1 Å². The predicted octanol–water partition coefficient (Wildman–Crippen LogP) is 1.44. The van der Waals surface area contributed by atoms with Crippen molar-refractivity contribution in [3.8, 4) is 0 Å². The van der Waals surface area contributed by atoms with Crippen LogP contribution < -0.4 is 5.32 Å². The van der Waals surface area contributed by atoms with Gasteiger partial charge in [0.25, 0.3) is 0 Å². The molecule has 1 N–H and O–H groups in total. The van der Waals surface area contributed by atoms with Crippen molar-refractivity contribution in [2.24, 2.45) is 4.99 Å². The van der Waals surface area contributed by atoms with Crippen molar-refractivity contribution in [1.82, 2.24) is 5.32 Å². The van der Waals surface area contributed by atoms with Gasteiger partial charge in [-0.25, -0.2) is 0 Å². The number of halogens is 1. The van der Waals surface area contributed by atoms with Gasteiger partial charge in [0, 0.05) is 6.54 Å². The highest BCUT2D eigenvalue weighted by atomic mass is 35.5. The van der Waals surface area contributed by atoms with Gasteiger partial charge in [-0.1, -0.05) is 25.1 Å². The summed E-state index contributed by atoms with van der Waals surface area (Å²) < 4.78 is 5.00. The monoisotopic (exact) mass is 252 g/mol. The number of unbranched alkanes of at least 4 members (excludes halogenated alkanes) is 1. The smallest absolute Gasteiger partial charge is 0.316 e. The van der Waals surface area contributed by atoms with Gasteiger partial charge < -0.3 is 10.1 Å². The summed E-state index contributed by atoms with van der Waals surface area (Å²) in [6, 6.07) is 0. The Labute approximate surface area is 101 Å². The number of hydrogen-bond acceptors (Lipinski definition) is 5. The zero-order valence-corrected chi connectivity index (χ0v) is 10.5. The molecule has 0 aliphatic carbocycles. The second-order valence-electron chi connectivity index (χ2n) is 2.98. The molecule has 0 amide bonds. The summed E-state index contributed by atoms with van der Waals surface area (Å²) in [5.74, 6) is 0.204. The van der Waals surface area contributed by atoms with E-state index in [-0.39, 0.29) is 18.4 Å². The minimum atomic E-state index is -0.153. The molecule has 1 aliphatic heterocycles. The van der Waals surface area contributed by atoms with Crippen LogP contribution in [-0.2, 0) is 9.53 Å². The molecule has 1 rings (SSSR count). The molecule has 0 saturated carbocycles. The maximum atomic E-state index is 11.1. The number of carbonyl (C=O) groups is 1. The van der Waals surface area contributed by atoms with Gasteiger partial charge >= 0.3 is 5.97 Å². The molecule has 0 radical (unpaired) electrons. The summed E-state index contributed by atoms with van der Waals surface area (Å²) in [6.45, 7) is 4.30. The van der Waals surface area contributed by atoms with Crippen LogP contribution >= 0.6 is 24.2 Å². The number of rotatable bonds is 5. The van der Waals surface area contributed by atoms with Crippen LogP contribution in [0, 0.1) is 0 Å². The Morgan fingerprint density at radius 3 is 3.07 bits per heavy atom. The fourth-order valence-electron chi connectivity index (χ4n) is 0.972. The van der Waals surface area contributed by atoms with Crippen LogP contribution in [0.4, 0.5) is 0 Å². The van der Waals surface area contributed by atoms with E-state index in [0.29, 0.717) is 12.4 Å². The van der Waals surface area contributed by atoms with E-state index < -0.39 is 0 Å². The molecule has 1 aliphatic rings. The number of ether oxygens (including phenoxy) is 1. The minimum absolute atomic E-state index is 0. The second kappa shape index (κ2) is 8.85. The summed E-state index contributed by atoms with van der Waals surface area (Å²) in [6.07, 6.45) is 1.99. The lowest BCUT2D eigenvalue weighted by Crippen LogP contribution is -2.18. The molecule has 0 atom stereocenters. The number of esters is 1. The molecular formula is C9H17ClN2O2S. The van der Waals surface area contributed by atoms with Crippen LogP contribution in [0.3, 0.4) is 0 Å². The SMILES string of the molecule is CCCCOC(=O)CSC1=NCCN1.Cl. The Morgan fingerprint density at radius 2 is 2.47 bits per heavy atom. The Kier molecular flexibility index (Phi) is 8.61. The van der Waals surface area contributed by atoms with Crippen molar-refractivity contribution in [1.29, 1.82) is 0 Å². The van der Waals surface area contributed by atoms with Gasteiger partial charge in [-0.15, -0.1) is 12.4 Å². The van der Waals surface area contributed by atoms with Gasteiger partial charge in [0.15, 0.2) is 5.17 Å². The molecule has 4 nitrogen and oxygen atoms in total. The lowest BCUT2D eigenvalue weighted by molar-refractivity contribution is -0.140. The molecule has 0 spiro atoms. The topological polar surface area (TPSA) is 50.7 Å². The van der Waals surface area contributed by atoms with E-state index in [9.17, 15) is 4.79 Å². The van der Waals surface area contributed by atoms with Crippen LogP contribution in [0.15, 0.2) is 4.99 Å². The van der Waals surface area contributed by atoms with Crippen molar-refractivity contribution in [2.45, 2.75) is 19.8 Å². The molecule has 6 heteroatoms. The van der Waals surface area contributed by atoms with E-state index in [4.69, 9.17) is 4.74 Å². The third-order valence-electron chi connectivity index (χ3n) is 1.73. The first-order valence-corrected chi connectivity index (χ1v) is 5.88. The first-order valence-electron chi connectivity index (χ1n) is 4.89. The van der Waals surface area contributed by atoms with Crippen LogP contribution in [-0.4, -0.2) is 36.6 Å². The van der Waals surface area contributed by atoms with E-state index in [1.165, 1.54) is 11.8 Å². The quantitative estimate of drug-likeness (QED) is 0.594. The summed E-state index contributed by atoms with van der Waals surface area (Å²) >= 11 is 1.41. The normalized spacial score (nSPS) is 13.8. The first-order chi connectivity index (χ1) is 6.83. The summed E-state index contributed by atoms with van der Waals surface area (Å²) in [4.78, 5) is 15.3. The van der Waals surface area contributed by atoms with E-state index in [1.54, 1.807) is 0 Å². The Balaban J connectivity index is 0.00000196. The van der Waals surface area contributed by atoms with E-state index >= 15 is 0 Å². The average Bonchev–Trinajstić information content (AvgIpc) is 2.68. The molecule has 0 aromatic heterocycles. The third-order valence-corrected chi connectivity index (χ3v) is 2.66. The van der Waals surface area contributed by atoms with Crippen LogP contribution in [0.5, 0.6) is 0 Å².